The van der Waals surface area contributed by atoms with Crippen LogP contribution in [0.4, 0.5) is 0 Å². The van der Waals surface area contributed by atoms with E-state index < -0.39 is 17.1 Å². The summed E-state index contributed by atoms with van der Waals surface area (Å²) in [5.41, 5.74) is 0.623. The average molecular weight is 341 g/mol. The molecule has 0 radical (unpaired) electrons. The number of Topliss-reactive ketones (excluding diaryl/α,β-unsaturated/α-hetero) is 1. The molecule has 0 unspecified atom stereocenters. The van der Waals surface area contributed by atoms with Crippen LogP contribution in [-0.4, -0.2) is 53.7 Å². The van der Waals surface area contributed by atoms with Crippen LogP contribution in [0.5, 0.6) is 11.5 Å². The Kier molecular flexibility index (Phi) is 3.00. The lowest BCUT2D eigenvalue weighted by Gasteiger charge is -2.62. The highest BCUT2D eigenvalue weighted by Crippen LogP contribution is 2.64. The summed E-state index contributed by atoms with van der Waals surface area (Å²) in [5, 5.41) is 11.9. The van der Waals surface area contributed by atoms with Gasteiger partial charge in [0.25, 0.3) is 0 Å². The van der Waals surface area contributed by atoms with Crippen molar-refractivity contribution in [3.05, 3.63) is 35.9 Å². The minimum Gasteiger partial charge on any atom is -0.493 e. The second-order valence-electron chi connectivity index (χ2n) is 7.74. The quantitative estimate of drug-likeness (QED) is 0.847. The predicted octanol–water partition coefficient (Wildman–Crippen LogP) is 1.60. The van der Waals surface area contributed by atoms with Gasteiger partial charge < -0.3 is 14.6 Å². The maximum Gasteiger partial charge on any atom is 0.174 e. The number of ether oxygens (including phenoxy) is 2. The summed E-state index contributed by atoms with van der Waals surface area (Å²) >= 11 is 0. The first-order valence-corrected chi connectivity index (χ1v) is 9.04. The first kappa shape index (κ1) is 15.4. The fourth-order valence-corrected chi connectivity index (χ4v) is 5.95. The number of carbonyl (C=O) groups is 1. The number of carbonyl (C=O) groups excluding carboxylic acids is 1. The highest BCUT2D eigenvalue weighted by Gasteiger charge is 2.73. The Morgan fingerprint density at radius 1 is 1.48 bits per heavy atom. The number of nitrogens with zero attached hydrogens (tertiary/aromatic N) is 1. The summed E-state index contributed by atoms with van der Waals surface area (Å²) in [6.07, 6.45) is 3.66. The van der Waals surface area contributed by atoms with Crippen molar-refractivity contribution >= 4 is 5.78 Å². The van der Waals surface area contributed by atoms with E-state index in [-0.39, 0.29) is 11.8 Å². The van der Waals surface area contributed by atoms with Gasteiger partial charge in [-0.15, -0.1) is 6.58 Å². The van der Waals surface area contributed by atoms with Crippen molar-refractivity contribution in [1.29, 1.82) is 0 Å². The number of ketones is 1. The standard InChI is InChI=1S/C20H23NO4/c1-3-9-21-10-8-19-16-12-4-5-14(24-2)17(16)25-18(19)13(22)6-7-20(19,23)15(21)11-12/h3-5,15,18,23H,1,6-11H2,2H3/t15-,18+,19+,20-/m1/s1. The molecule has 1 N–H and O–H groups in total. The molecule has 2 aliphatic carbocycles. The normalized spacial score (nSPS) is 38.1. The average Bonchev–Trinajstić information content (AvgIpc) is 2.96. The zero-order valence-corrected chi connectivity index (χ0v) is 14.5. The Bertz CT molecular complexity index is 790. The summed E-state index contributed by atoms with van der Waals surface area (Å²) < 4.78 is 11.7. The summed E-state index contributed by atoms with van der Waals surface area (Å²) in [5.74, 6) is 1.44. The largest absolute Gasteiger partial charge is 0.493 e. The van der Waals surface area contributed by atoms with Gasteiger partial charge in [0.05, 0.1) is 18.1 Å². The molecular weight excluding hydrogens is 318 g/mol. The van der Waals surface area contributed by atoms with Gasteiger partial charge in [0.15, 0.2) is 23.4 Å². The van der Waals surface area contributed by atoms with E-state index in [1.807, 2.05) is 12.1 Å². The zero-order chi connectivity index (χ0) is 17.4. The third kappa shape index (κ3) is 1.59. The van der Waals surface area contributed by atoms with Gasteiger partial charge in [-0.05, 0) is 30.9 Å². The number of rotatable bonds is 3. The number of aliphatic hydroxyl groups is 1. The first-order chi connectivity index (χ1) is 12.1. The lowest BCUT2D eigenvalue weighted by Crippen LogP contribution is -2.76. The molecule has 25 heavy (non-hydrogen) atoms. The predicted molar refractivity (Wildman–Crippen MR) is 92.2 cm³/mol. The smallest absolute Gasteiger partial charge is 0.174 e. The highest BCUT2D eigenvalue weighted by molar-refractivity contribution is 5.90. The van der Waals surface area contributed by atoms with Gasteiger partial charge in [0.2, 0.25) is 0 Å². The van der Waals surface area contributed by atoms with Gasteiger partial charge >= 0.3 is 0 Å². The third-order valence-corrected chi connectivity index (χ3v) is 6.94. The monoisotopic (exact) mass is 341 g/mol. The van der Waals surface area contributed by atoms with Crippen molar-refractivity contribution < 1.29 is 19.4 Å². The van der Waals surface area contributed by atoms with Gasteiger partial charge in [-0.1, -0.05) is 12.1 Å². The maximum absolute atomic E-state index is 12.8. The second kappa shape index (κ2) is 4.86. The van der Waals surface area contributed by atoms with E-state index in [0.29, 0.717) is 24.3 Å². The molecule has 1 saturated heterocycles. The lowest BCUT2D eigenvalue weighted by molar-refractivity contribution is -0.187. The van der Waals surface area contributed by atoms with Crippen LogP contribution in [0, 0.1) is 0 Å². The molecule has 1 aromatic rings. The number of methoxy groups -OCH3 is 1. The molecule has 5 nitrogen and oxygen atoms in total. The molecule has 132 valence electrons. The first-order valence-electron chi connectivity index (χ1n) is 9.04. The van der Waals surface area contributed by atoms with Gasteiger partial charge in [-0.2, -0.15) is 0 Å². The molecule has 2 bridgehead atoms. The van der Waals surface area contributed by atoms with Gasteiger partial charge in [0.1, 0.15) is 0 Å². The number of benzene rings is 1. The van der Waals surface area contributed by atoms with E-state index in [2.05, 4.69) is 17.5 Å². The van der Waals surface area contributed by atoms with E-state index in [1.54, 1.807) is 7.11 Å². The van der Waals surface area contributed by atoms with Crippen LogP contribution in [0.1, 0.15) is 30.4 Å². The molecule has 4 aliphatic rings. The minimum absolute atomic E-state index is 0.00899. The van der Waals surface area contributed by atoms with Crippen molar-refractivity contribution in [2.75, 3.05) is 20.2 Å². The number of piperidine rings is 1. The van der Waals surface area contributed by atoms with Crippen LogP contribution in [0.15, 0.2) is 24.8 Å². The van der Waals surface area contributed by atoms with Crippen molar-refractivity contribution in [3.63, 3.8) is 0 Å². The molecule has 2 aliphatic heterocycles. The van der Waals surface area contributed by atoms with Crippen molar-refractivity contribution in [3.8, 4) is 11.5 Å². The van der Waals surface area contributed by atoms with E-state index in [4.69, 9.17) is 9.47 Å². The molecule has 0 amide bonds. The summed E-state index contributed by atoms with van der Waals surface area (Å²) in [6, 6.07) is 3.99. The SMILES string of the molecule is C=CCN1CC[C@]23c4c5ccc(OC)c4O[C@H]2C(=O)CC[C@@]3(O)[C@H]1C5. The van der Waals surface area contributed by atoms with E-state index >= 15 is 0 Å². The van der Waals surface area contributed by atoms with Gasteiger partial charge in [-0.25, -0.2) is 0 Å². The van der Waals surface area contributed by atoms with Gasteiger partial charge in [0, 0.05) is 31.1 Å². The number of hydrogen-bond acceptors (Lipinski definition) is 5. The molecular formula is C20H23NO4. The molecule has 0 aromatic heterocycles. The molecule has 2 heterocycles. The van der Waals surface area contributed by atoms with E-state index in [0.717, 1.165) is 31.5 Å². The lowest BCUT2D eigenvalue weighted by atomic mass is 9.49. The number of hydrogen-bond donors (Lipinski definition) is 1. The van der Waals surface area contributed by atoms with Crippen molar-refractivity contribution in [2.24, 2.45) is 0 Å². The summed E-state index contributed by atoms with van der Waals surface area (Å²) in [7, 11) is 1.62. The third-order valence-electron chi connectivity index (χ3n) is 6.94. The Morgan fingerprint density at radius 2 is 2.32 bits per heavy atom. The Hall–Kier alpha value is -1.85. The number of likely N-dealkylation sites (tertiary alicyclic amines) is 1. The van der Waals surface area contributed by atoms with E-state index in [9.17, 15) is 9.90 Å². The Labute approximate surface area is 147 Å². The summed E-state index contributed by atoms with van der Waals surface area (Å²) in [6.45, 7) is 5.46. The van der Waals surface area contributed by atoms with Crippen LogP contribution in [0.25, 0.3) is 0 Å². The minimum atomic E-state index is -0.947. The van der Waals surface area contributed by atoms with E-state index in [1.165, 1.54) is 5.56 Å². The van der Waals surface area contributed by atoms with Crippen molar-refractivity contribution in [1.82, 2.24) is 4.90 Å². The van der Waals surface area contributed by atoms with Crippen LogP contribution >= 0.6 is 0 Å². The van der Waals surface area contributed by atoms with Gasteiger partial charge in [-0.3, -0.25) is 9.69 Å². The second-order valence-corrected chi connectivity index (χ2v) is 7.74. The fraction of sp³-hybridized carbons (Fsp3) is 0.550. The summed E-state index contributed by atoms with van der Waals surface area (Å²) in [4.78, 5) is 15.1. The van der Waals surface area contributed by atoms with Crippen LogP contribution < -0.4 is 9.47 Å². The molecule has 1 spiro atoms. The molecule has 5 heteroatoms. The topological polar surface area (TPSA) is 59.0 Å². The molecule has 2 fully saturated rings. The molecule has 4 atom stereocenters. The van der Waals surface area contributed by atoms with Crippen LogP contribution in [0.3, 0.4) is 0 Å². The Balaban J connectivity index is 1.79. The molecule has 5 rings (SSSR count). The zero-order valence-electron chi connectivity index (χ0n) is 14.5. The highest BCUT2D eigenvalue weighted by atomic mass is 16.5. The van der Waals surface area contributed by atoms with Crippen LogP contribution in [0.2, 0.25) is 0 Å². The fourth-order valence-electron chi connectivity index (χ4n) is 5.95. The maximum atomic E-state index is 12.8. The Morgan fingerprint density at radius 3 is 3.08 bits per heavy atom. The van der Waals surface area contributed by atoms with Crippen molar-refractivity contribution in [2.45, 2.75) is 48.8 Å². The van der Waals surface area contributed by atoms with Crippen LogP contribution in [-0.2, 0) is 16.6 Å². The molecule has 1 aromatic carbocycles. The molecule has 1 saturated carbocycles.